The number of urea groups is 1. The average Bonchev–Trinajstić information content (AvgIpc) is 3.64. The van der Waals surface area contributed by atoms with E-state index in [1.54, 1.807) is 20.8 Å². The van der Waals surface area contributed by atoms with Crippen LogP contribution in [0.1, 0.15) is 71.8 Å². The van der Waals surface area contributed by atoms with Crippen LogP contribution in [0, 0.1) is 5.41 Å². The second-order valence-electron chi connectivity index (χ2n) is 12.0. The first kappa shape index (κ1) is 33.9. The molecule has 0 bridgehead atoms. The highest BCUT2D eigenvalue weighted by Crippen LogP contribution is 2.36. The van der Waals surface area contributed by atoms with Crippen LogP contribution in [0.15, 0.2) is 30.3 Å². The van der Waals surface area contributed by atoms with E-state index in [1.807, 2.05) is 37.3 Å². The Morgan fingerprint density at radius 3 is 2.28 bits per heavy atom. The van der Waals surface area contributed by atoms with Gasteiger partial charge >= 0.3 is 12.0 Å². The zero-order valence-electron chi connectivity index (χ0n) is 25.2. The van der Waals surface area contributed by atoms with Gasteiger partial charge in [0.2, 0.25) is 11.8 Å². The highest BCUT2D eigenvalue weighted by atomic mass is 32.2. The number of Topliss-reactive ketones (excluding diaryl/α,β-unsaturated/α-hetero) is 1. The number of carbonyl (C=O) groups excluding carboxylic acids is 6. The molecule has 1 aliphatic heterocycles. The van der Waals surface area contributed by atoms with Crippen molar-refractivity contribution in [3.05, 3.63) is 35.9 Å². The number of amides is 5. The molecule has 1 heterocycles. The zero-order chi connectivity index (χ0) is 31.7. The number of thioether (sulfide) groups is 1. The molecule has 4 atom stereocenters. The number of carbonyl (C=O) groups is 6. The maximum Gasteiger partial charge on any atom is 0.329 e. The van der Waals surface area contributed by atoms with E-state index in [1.165, 1.54) is 16.7 Å². The van der Waals surface area contributed by atoms with Crippen LogP contribution in [-0.2, 0) is 35.3 Å². The molecule has 1 aromatic rings. The van der Waals surface area contributed by atoms with Crippen LogP contribution in [0.5, 0.6) is 0 Å². The first-order valence-electron chi connectivity index (χ1n) is 14.7. The average molecular weight is 618 g/mol. The fourth-order valence-electron chi connectivity index (χ4n) is 4.73. The lowest BCUT2D eigenvalue weighted by Gasteiger charge is -2.35. The fourth-order valence-corrected chi connectivity index (χ4v) is 5.95. The molecule has 1 aliphatic carbocycles. The van der Waals surface area contributed by atoms with E-state index in [-0.39, 0.29) is 18.4 Å². The lowest BCUT2D eigenvalue weighted by atomic mass is 9.85. The summed E-state index contributed by atoms with van der Waals surface area (Å²) < 4.78 is 5.42. The van der Waals surface area contributed by atoms with E-state index in [0.717, 1.165) is 18.4 Å². The smallest absolute Gasteiger partial charge is 0.329 e. The Morgan fingerprint density at radius 2 is 1.70 bits per heavy atom. The molecule has 5 N–H and O–H groups in total. The van der Waals surface area contributed by atoms with Crippen molar-refractivity contribution in [3.63, 3.8) is 0 Å². The first-order valence-corrected chi connectivity index (χ1v) is 15.6. The topological polar surface area (TPSA) is 177 Å². The molecule has 5 amide bonds. The van der Waals surface area contributed by atoms with E-state index in [0.29, 0.717) is 25.7 Å². The molecule has 1 saturated heterocycles. The normalized spacial score (nSPS) is 18.6. The Morgan fingerprint density at radius 1 is 1.02 bits per heavy atom. The van der Waals surface area contributed by atoms with Crippen LogP contribution in [0.25, 0.3) is 0 Å². The molecule has 2 fully saturated rings. The van der Waals surface area contributed by atoms with Gasteiger partial charge in [-0.15, -0.1) is 11.8 Å². The van der Waals surface area contributed by atoms with Crippen molar-refractivity contribution >= 4 is 47.3 Å². The van der Waals surface area contributed by atoms with Gasteiger partial charge in [-0.3, -0.25) is 19.2 Å². The van der Waals surface area contributed by atoms with Gasteiger partial charge in [-0.1, -0.05) is 64.4 Å². The second-order valence-corrected chi connectivity index (χ2v) is 13.4. The third-order valence-corrected chi connectivity index (χ3v) is 8.69. The molecule has 2 unspecified atom stereocenters. The number of benzene rings is 1. The number of esters is 1. The zero-order valence-corrected chi connectivity index (χ0v) is 26.0. The number of primary amides is 1. The van der Waals surface area contributed by atoms with Crippen molar-refractivity contribution < 1.29 is 33.5 Å². The van der Waals surface area contributed by atoms with Gasteiger partial charge in [0.15, 0.2) is 0 Å². The number of nitrogens with zero attached hydrogens (tertiary/aromatic N) is 1. The molecule has 12 nitrogen and oxygen atoms in total. The molecule has 236 valence electrons. The Balaban J connectivity index is 1.66. The summed E-state index contributed by atoms with van der Waals surface area (Å²) in [5.41, 5.74) is 5.26. The van der Waals surface area contributed by atoms with Gasteiger partial charge in [-0.2, -0.15) is 0 Å². The Bertz CT molecular complexity index is 1190. The molecular weight excluding hydrogens is 574 g/mol. The number of nitrogens with one attached hydrogen (secondary N) is 3. The molecule has 2 aliphatic rings. The number of hydrogen-bond acceptors (Lipinski definition) is 8. The quantitative estimate of drug-likeness (QED) is 0.139. The molecule has 43 heavy (non-hydrogen) atoms. The van der Waals surface area contributed by atoms with Crippen molar-refractivity contribution in [1.29, 1.82) is 0 Å². The van der Waals surface area contributed by atoms with Crippen LogP contribution < -0.4 is 21.7 Å². The minimum Gasteiger partial charge on any atom is -0.459 e. The minimum absolute atomic E-state index is 0.0652. The van der Waals surface area contributed by atoms with Gasteiger partial charge in [-0.25, -0.2) is 9.59 Å². The minimum atomic E-state index is -1.13. The number of ether oxygens (including phenoxy) is 1. The van der Waals surface area contributed by atoms with Gasteiger partial charge in [-0.05, 0) is 43.1 Å². The summed E-state index contributed by atoms with van der Waals surface area (Å²) in [6.45, 7) is 7.57. The van der Waals surface area contributed by atoms with Gasteiger partial charge in [0.1, 0.15) is 30.1 Å². The molecule has 0 radical (unpaired) electrons. The van der Waals surface area contributed by atoms with E-state index < -0.39 is 64.4 Å². The highest BCUT2D eigenvalue weighted by Gasteiger charge is 2.43. The third kappa shape index (κ3) is 9.97. The summed E-state index contributed by atoms with van der Waals surface area (Å²) in [6.07, 6.45) is 3.61. The van der Waals surface area contributed by atoms with Gasteiger partial charge < -0.3 is 31.3 Å². The molecule has 0 spiro atoms. The summed E-state index contributed by atoms with van der Waals surface area (Å²) in [6, 6.07) is 5.64. The van der Waals surface area contributed by atoms with E-state index in [9.17, 15) is 28.8 Å². The number of hydrogen-bond donors (Lipinski definition) is 4. The van der Waals surface area contributed by atoms with Gasteiger partial charge in [0.05, 0.1) is 0 Å². The SMILES string of the molecule is CCC[C@H](NC(=O)NC(C(=O)N1CCC[C@H]1C(=O)NC(SC1CC1)C(=O)C(N)=O)C(C)(C)C)C(=O)OCc1ccccc1. The molecule has 1 aromatic carbocycles. The van der Waals surface area contributed by atoms with Crippen molar-refractivity contribution in [2.75, 3.05) is 6.54 Å². The number of rotatable bonds is 14. The van der Waals surface area contributed by atoms with E-state index in [2.05, 4.69) is 16.0 Å². The summed E-state index contributed by atoms with van der Waals surface area (Å²) in [5.74, 6) is -3.63. The van der Waals surface area contributed by atoms with Crippen LogP contribution in [-0.4, -0.2) is 75.7 Å². The molecule has 1 saturated carbocycles. The first-order chi connectivity index (χ1) is 20.3. The van der Waals surface area contributed by atoms with Crippen LogP contribution >= 0.6 is 11.8 Å². The highest BCUT2D eigenvalue weighted by molar-refractivity contribution is 8.01. The summed E-state index contributed by atoms with van der Waals surface area (Å²) in [4.78, 5) is 78.3. The van der Waals surface area contributed by atoms with Crippen molar-refractivity contribution in [2.24, 2.45) is 11.1 Å². The van der Waals surface area contributed by atoms with Crippen molar-refractivity contribution in [3.8, 4) is 0 Å². The number of ketones is 1. The maximum absolute atomic E-state index is 13.8. The summed E-state index contributed by atoms with van der Waals surface area (Å²) >= 11 is 1.19. The van der Waals surface area contributed by atoms with Crippen LogP contribution in [0.3, 0.4) is 0 Å². The predicted octanol–water partition coefficient (Wildman–Crippen LogP) is 2.00. The number of nitrogens with two attached hydrogens (primary N) is 1. The monoisotopic (exact) mass is 617 g/mol. The lowest BCUT2D eigenvalue weighted by Crippen LogP contribution is -2.60. The van der Waals surface area contributed by atoms with E-state index in [4.69, 9.17) is 10.5 Å². The molecule has 0 aromatic heterocycles. The largest absolute Gasteiger partial charge is 0.459 e. The second kappa shape index (κ2) is 15.2. The number of likely N-dealkylation sites (tertiary alicyclic amines) is 1. The summed E-state index contributed by atoms with van der Waals surface area (Å²) in [7, 11) is 0. The maximum atomic E-state index is 13.8. The van der Waals surface area contributed by atoms with Gasteiger partial charge in [0, 0.05) is 11.8 Å². The standard InChI is InChI=1S/C30H43N5O7S/c1-5-10-20(28(40)42-17-18-11-7-6-8-12-18)32-29(41)33-23(30(2,3)4)27(39)35-16-9-13-21(35)25(38)34-26(22(36)24(31)37)43-19-14-15-19/h6-8,11-12,19-21,23,26H,5,9-10,13-17H2,1-4H3,(H2,31,37)(H,34,38)(H2,32,33,41)/t20-,21-,23?,26?/m0/s1. The Labute approximate surface area is 256 Å². The fraction of sp³-hybridized carbons (Fsp3) is 0.600. The van der Waals surface area contributed by atoms with Crippen LogP contribution in [0.4, 0.5) is 4.79 Å². The van der Waals surface area contributed by atoms with Crippen molar-refractivity contribution in [2.45, 2.75) is 102 Å². The van der Waals surface area contributed by atoms with Crippen LogP contribution in [0.2, 0.25) is 0 Å². The Hall–Kier alpha value is -3.61. The van der Waals surface area contributed by atoms with Crippen molar-refractivity contribution in [1.82, 2.24) is 20.9 Å². The Kier molecular flexibility index (Phi) is 12.0. The van der Waals surface area contributed by atoms with E-state index >= 15 is 0 Å². The predicted molar refractivity (Wildman–Crippen MR) is 161 cm³/mol. The third-order valence-electron chi connectivity index (χ3n) is 7.23. The van der Waals surface area contributed by atoms with Gasteiger partial charge in [0.25, 0.3) is 11.7 Å². The molecule has 3 rings (SSSR count). The summed E-state index contributed by atoms with van der Waals surface area (Å²) in [5, 5.41) is 7.04. The lowest BCUT2D eigenvalue weighted by molar-refractivity contribution is -0.147. The molecule has 13 heteroatoms. The molecular formula is C30H43N5O7S.